The van der Waals surface area contributed by atoms with Crippen molar-refractivity contribution in [1.82, 2.24) is 0 Å². The number of nitrogens with two attached hydrogens (primary N) is 1. The maximum atomic E-state index is 6.69. The average molecular weight is 441 g/mol. The van der Waals surface area contributed by atoms with Crippen molar-refractivity contribution in [3.05, 3.63) is 42.3 Å². The molecule has 0 spiro atoms. The fourth-order valence-electron chi connectivity index (χ4n) is 1.62. The second kappa shape index (κ2) is 17.5. The molecule has 0 fully saturated rings. The summed E-state index contributed by atoms with van der Waals surface area (Å²) in [4.78, 5) is 0. The van der Waals surface area contributed by atoms with Crippen LogP contribution in [0.2, 0.25) is 0 Å². The molecule has 1 nitrogen and oxygen atoms in total. The summed E-state index contributed by atoms with van der Waals surface area (Å²) < 4.78 is 0. The van der Waals surface area contributed by atoms with Crippen LogP contribution in [0.5, 0.6) is 0 Å². The van der Waals surface area contributed by atoms with Crippen LogP contribution in [0.15, 0.2) is 30.3 Å². The molecule has 0 saturated heterocycles. The van der Waals surface area contributed by atoms with Gasteiger partial charge in [-0.2, -0.15) is 0 Å². The standard InChI is InChI=1S/C9H21N.C8H5.Au/c1-2-3-4-5-6-7-8-9-10;1-2-8-6-4-3-5-7-8;/h2-10H2,1H3;3-7H;/q;-1;+1. The molecule has 0 aromatic heterocycles. The molecule has 0 aliphatic heterocycles. The van der Waals surface area contributed by atoms with E-state index in [1.54, 1.807) is 0 Å². The van der Waals surface area contributed by atoms with Crippen LogP contribution in [0.25, 0.3) is 0 Å². The largest absolute Gasteiger partial charge is 1.00 e. The molecule has 2 N–H and O–H groups in total. The predicted molar refractivity (Wildman–Crippen MR) is 79.7 cm³/mol. The third-order valence-electron chi connectivity index (χ3n) is 2.73. The van der Waals surface area contributed by atoms with Gasteiger partial charge >= 0.3 is 22.4 Å². The van der Waals surface area contributed by atoms with E-state index in [1.807, 2.05) is 30.3 Å². The molecular weight excluding hydrogens is 415 g/mol. The zero-order valence-corrected chi connectivity index (χ0v) is 14.1. The van der Waals surface area contributed by atoms with Crippen molar-refractivity contribution in [2.75, 3.05) is 6.54 Å². The first kappa shape index (κ1) is 20.8. The Morgan fingerprint density at radius 1 is 0.947 bits per heavy atom. The first-order valence-corrected chi connectivity index (χ1v) is 7.03. The van der Waals surface area contributed by atoms with E-state index in [1.165, 1.54) is 44.9 Å². The average Bonchev–Trinajstić information content (AvgIpc) is 2.44. The predicted octanol–water partition coefficient (Wildman–Crippen LogP) is 4.32. The number of rotatable bonds is 7. The molecule has 110 valence electrons. The first-order valence-electron chi connectivity index (χ1n) is 7.03. The van der Waals surface area contributed by atoms with E-state index in [-0.39, 0.29) is 22.4 Å². The third kappa shape index (κ3) is 15.4. The maximum absolute atomic E-state index is 6.69. The zero-order valence-electron chi connectivity index (χ0n) is 11.9. The summed E-state index contributed by atoms with van der Waals surface area (Å²) in [5.74, 6) is 2.28. The molecule has 0 aliphatic carbocycles. The van der Waals surface area contributed by atoms with Crippen molar-refractivity contribution >= 4 is 0 Å². The Kier molecular flexibility index (Phi) is 19.1. The van der Waals surface area contributed by atoms with Crippen molar-refractivity contribution in [3.63, 3.8) is 0 Å². The quantitative estimate of drug-likeness (QED) is 0.290. The fraction of sp³-hybridized carbons (Fsp3) is 0.529. The van der Waals surface area contributed by atoms with Crippen molar-refractivity contribution in [2.24, 2.45) is 5.73 Å². The normalized spacial score (nSPS) is 8.68. The number of hydrogen-bond acceptors (Lipinski definition) is 1. The Morgan fingerprint density at radius 3 is 1.89 bits per heavy atom. The molecule has 1 aromatic carbocycles. The summed E-state index contributed by atoms with van der Waals surface area (Å²) in [7, 11) is 0. The summed E-state index contributed by atoms with van der Waals surface area (Å²) in [6.45, 7) is 3.12. The Labute approximate surface area is 134 Å². The molecule has 0 aliphatic rings. The van der Waals surface area contributed by atoms with Gasteiger partial charge in [-0.25, -0.2) is 0 Å². The summed E-state index contributed by atoms with van der Waals surface area (Å²) in [5.41, 5.74) is 6.20. The van der Waals surface area contributed by atoms with Crippen LogP contribution in [0.4, 0.5) is 0 Å². The molecule has 0 amide bonds. The topological polar surface area (TPSA) is 26.0 Å². The Morgan fingerprint density at radius 2 is 1.47 bits per heavy atom. The molecule has 0 atom stereocenters. The van der Waals surface area contributed by atoms with Gasteiger partial charge in [-0.3, -0.25) is 5.92 Å². The minimum Gasteiger partial charge on any atom is -0.366 e. The number of unbranched alkanes of at least 4 members (excludes halogenated alkanes) is 6. The van der Waals surface area contributed by atoms with Crippen molar-refractivity contribution < 1.29 is 22.4 Å². The second-order valence-electron chi connectivity index (χ2n) is 4.40. The minimum atomic E-state index is 0. The summed E-state index contributed by atoms with van der Waals surface area (Å²) in [6.07, 6.45) is 16.2. The molecule has 0 bridgehead atoms. The van der Waals surface area contributed by atoms with Crippen LogP contribution in [0.1, 0.15) is 57.4 Å². The van der Waals surface area contributed by atoms with Crippen LogP contribution >= 0.6 is 0 Å². The fourth-order valence-corrected chi connectivity index (χ4v) is 1.62. The summed E-state index contributed by atoms with van der Waals surface area (Å²) in [5, 5.41) is 0. The van der Waals surface area contributed by atoms with Gasteiger partial charge in [0.25, 0.3) is 0 Å². The van der Waals surface area contributed by atoms with Crippen LogP contribution in [-0.4, -0.2) is 6.54 Å². The van der Waals surface area contributed by atoms with E-state index < -0.39 is 0 Å². The summed E-state index contributed by atoms with van der Waals surface area (Å²) >= 11 is 0. The molecule has 1 aromatic rings. The molecular formula is C17H26AuN. The van der Waals surface area contributed by atoms with E-state index in [9.17, 15) is 0 Å². The molecule has 2 heteroatoms. The Hall–Kier alpha value is -0.520. The van der Waals surface area contributed by atoms with Crippen LogP contribution < -0.4 is 5.73 Å². The molecule has 0 heterocycles. The molecule has 0 radical (unpaired) electrons. The van der Waals surface area contributed by atoms with E-state index >= 15 is 0 Å². The van der Waals surface area contributed by atoms with Crippen LogP contribution in [0.3, 0.4) is 0 Å². The summed E-state index contributed by atoms with van der Waals surface area (Å²) in [6, 6.07) is 9.37. The van der Waals surface area contributed by atoms with Gasteiger partial charge in [0.05, 0.1) is 0 Å². The second-order valence-corrected chi connectivity index (χ2v) is 4.40. The van der Waals surface area contributed by atoms with Gasteiger partial charge in [0.2, 0.25) is 0 Å². The van der Waals surface area contributed by atoms with Gasteiger partial charge in [0.15, 0.2) is 0 Å². The third-order valence-corrected chi connectivity index (χ3v) is 2.73. The molecule has 0 unspecified atom stereocenters. The van der Waals surface area contributed by atoms with E-state index in [0.717, 1.165) is 12.1 Å². The molecule has 19 heavy (non-hydrogen) atoms. The van der Waals surface area contributed by atoms with Gasteiger partial charge in [-0.05, 0) is 13.0 Å². The zero-order chi connectivity index (χ0) is 13.5. The SMILES string of the molecule is CCCCCCCCCN.[Au+].[C-]#Cc1ccccc1. The Balaban J connectivity index is 0. The van der Waals surface area contributed by atoms with Gasteiger partial charge in [0.1, 0.15) is 0 Å². The molecule has 1 rings (SSSR count). The number of benzene rings is 1. The monoisotopic (exact) mass is 441 g/mol. The number of hydrogen-bond donors (Lipinski definition) is 1. The smallest absolute Gasteiger partial charge is 0.366 e. The van der Waals surface area contributed by atoms with E-state index in [2.05, 4.69) is 12.8 Å². The first-order chi connectivity index (χ1) is 8.85. The van der Waals surface area contributed by atoms with Gasteiger partial charge in [0, 0.05) is 0 Å². The van der Waals surface area contributed by atoms with Gasteiger partial charge in [-0.1, -0.05) is 63.6 Å². The van der Waals surface area contributed by atoms with Gasteiger partial charge in [-0.15, -0.1) is 17.7 Å². The van der Waals surface area contributed by atoms with E-state index in [0.29, 0.717) is 0 Å². The van der Waals surface area contributed by atoms with Gasteiger partial charge < -0.3 is 12.2 Å². The van der Waals surface area contributed by atoms with Crippen molar-refractivity contribution in [2.45, 2.75) is 51.9 Å². The van der Waals surface area contributed by atoms with Crippen molar-refractivity contribution in [1.29, 1.82) is 0 Å². The Bertz CT molecular complexity index is 295. The van der Waals surface area contributed by atoms with E-state index in [4.69, 9.17) is 12.2 Å². The molecule has 0 saturated carbocycles. The van der Waals surface area contributed by atoms with Crippen molar-refractivity contribution in [3.8, 4) is 5.92 Å². The van der Waals surface area contributed by atoms with Crippen LogP contribution in [0, 0.1) is 12.3 Å². The maximum Gasteiger partial charge on any atom is 1.00 e. The van der Waals surface area contributed by atoms with Crippen LogP contribution in [-0.2, 0) is 22.4 Å². The minimum absolute atomic E-state index is 0.